The molecular formula is C22H21F4N5O4S. The van der Waals surface area contributed by atoms with Gasteiger partial charge in [-0.25, -0.2) is 35.9 Å². The average Bonchev–Trinajstić information content (AvgIpc) is 3.19. The number of fused-ring (bicyclic) bond motifs is 1. The van der Waals surface area contributed by atoms with E-state index >= 15 is 0 Å². The highest BCUT2D eigenvalue weighted by atomic mass is 32.2. The average molecular weight is 528 g/mol. The molecule has 0 bridgehead atoms. The number of hydrogen-bond donors (Lipinski definition) is 3. The molecule has 2 fully saturated rings. The monoisotopic (exact) mass is 527 g/mol. The molecule has 1 aliphatic carbocycles. The molecule has 1 aliphatic heterocycles. The summed E-state index contributed by atoms with van der Waals surface area (Å²) in [6, 6.07) is 5.91. The van der Waals surface area contributed by atoms with Gasteiger partial charge in [0, 0.05) is 25.3 Å². The molecule has 3 aromatic rings. The van der Waals surface area contributed by atoms with Crippen molar-refractivity contribution >= 4 is 44.1 Å². The first-order valence-electron chi connectivity index (χ1n) is 11.0. The number of pyridine rings is 1. The molecule has 1 saturated carbocycles. The normalized spacial score (nSPS) is 21.2. The van der Waals surface area contributed by atoms with E-state index in [1.54, 1.807) is 6.07 Å². The van der Waals surface area contributed by atoms with Crippen LogP contribution in [-0.4, -0.2) is 48.1 Å². The molecule has 9 nitrogen and oxygen atoms in total. The summed E-state index contributed by atoms with van der Waals surface area (Å²) in [4.78, 5) is 22.3. The Kier molecular flexibility index (Phi) is 5.90. The highest BCUT2D eigenvalue weighted by molar-refractivity contribution is 7.90. The lowest BCUT2D eigenvalue weighted by Gasteiger charge is -2.16. The summed E-state index contributed by atoms with van der Waals surface area (Å²) >= 11 is 0. The minimum absolute atomic E-state index is 0.0378. The number of aromatic nitrogens is 3. The number of amides is 1. The molecule has 0 radical (unpaired) electrons. The van der Waals surface area contributed by atoms with Gasteiger partial charge in [-0.05, 0) is 30.5 Å². The molecule has 36 heavy (non-hydrogen) atoms. The summed E-state index contributed by atoms with van der Waals surface area (Å²) in [5.74, 6) is -6.48. The van der Waals surface area contributed by atoms with E-state index in [0.717, 1.165) is 19.1 Å². The third kappa shape index (κ3) is 4.74. The number of sulfone groups is 1. The summed E-state index contributed by atoms with van der Waals surface area (Å²) in [5.41, 5.74) is 0.638. The first-order chi connectivity index (χ1) is 16.9. The fourth-order valence-electron chi connectivity index (χ4n) is 4.12. The maximum atomic E-state index is 13.3. The van der Waals surface area contributed by atoms with Crippen molar-refractivity contribution in [1.29, 1.82) is 0 Å². The van der Waals surface area contributed by atoms with Gasteiger partial charge in [0.15, 0.2) is 21.3 Å². The number of alkyl halides is 4. The second-order valence-electron chi connectivity index (χ2n) is 8.84. The number of carbonyl (C=O) groups is 1. The SMILES string of the molecule is CS(=O)(=O)c1cc([C@H]2CCCO2)ccc1Nc1cc(NC(=O)C2CC2(F)F)nc2[nH]c(C(F)F)nc12. The van der Waals surface area contributed by atoms with Gasteiger partial charge in [0.05, 0.1) is 22.4 Å². The molecule has 1 aromatic carbocycles. The lowest BCUT2D eigenvalue weighted by molar-refractivity contribution is -0.119. The Balaban J connectivity index is 1.55. The molecule has 3 N–H and O–H groups in total. The van der Waals surface area contributed by atoms with Crippen LogP contribution in [0.1, 0.15) is 43.2 Å². The summed E-state index contributed by atoms with van der Waals surface area (Å²) in [5, 5.41) is 5.15. The van der Waals surface area contributed by atoms with Crippen LogP contribution in [0.15, 0.2) is 29.2 Å². The minimum Gasteiger partial charge on any atom is -0.374 e. The Morgan fingerprint density at radius 2 is 1.97 bits per heavy atom. The fourth-order valence-corrected chi connectivity index (χ4v) is 4.99. The van der Waals surface area contributed by atoms with Gasteiger partial charge in [-0.3, -0.25) is 4.79 Å². The number of H-pyrrole nitrogens is 1. The molecule has 1 amide bonds. The molecule has 0 spiro atoms. The van der Waals surface area contributed by atoms with E-state index in [9.17, 15) is 30.8 Å². The maximum absolute atomic E-state index is 13.3. The Labute approximate surface area is 202 Å². The largest absolute Gasteiger partial charge is 0.374 e. The second-order valence-corrected chi connectivity index (χ2v) is 10.8. The Morgan fingerprint density at radius 1 is 1.22 bits per heavy atom. The van der Waals surface area contributed by atoms with Crippen molar-refractivity contribution in [3.63, 3.8) is 0 Å². The Morgan fingerprint density at radius 3 is 2.58 bits per heavy atom. The van der Waals surface area contributed by atoms with Crippen LogP contribution in [0.2, 0.25) is 0 Å². The van der Waals surface area contributed by atoms with Crippen molar-refractivity contribution in [3.05, 3.63) is 35.7 Å². The minimum atomic E-state index is -3.75. The van der Waals surface area contributed by atoms with Crippen molar-refractivity contribution in [1.82, 2.24) is 15.0 Å². The van der Waals surface area contributed by atoms with Crippen LogP contribution in [0, 0.1) is 5.92 Å². The van der Waals surface area contributed by atoms with Crippen molar-refractivity contribution in [3.8, 4) is 0 Å². The number of aromatic amines is 1. The van der Waals surface area contributed by atoms with Gasteiger partial charge >= 0.3 is 0 Å². The van der Waals surface area contributed by atoms with E-state index in [0.29, 0.717) is 12.2 Å². The van der Waals surface area contributed by atoms with E-state index < -0.39 is 46.3 Å². The lowest BCUT2D eigenvalue weighted by Crippen LogP contribution is -2.18. The molecule has 192 valence electrons. The zero-order valence-corrected chi connectivity index (χ0v) is 19.6. The summed E-state index contributed by atoms with van der Waals surface area (Å²) in [6.07, 6.45) is -1.18. The van der Waals surface area contributed by atoms with Crippen molar-refractivity contribution in [2.24, 2.45) is 5.92 Å². The van der Waals surface area contributed by atoms with Gasteiger partial charge < -0.3 is 20.4 Å². The molecule has 3 heterocycles. The van der Waals surface area contributed by atoms with Gasteiger partial charge in [-0.2, -0.15) is 0 Å². The summed E-state index contributed by atoms with van der Waals surface area (Å²) in [6.45, 7) is 0.570. The van der Waals surface area contributed by atoms with Crippen molar-refractivity contribution in [2.75, 3.05) is 23.5 Å². The molecule has 2 aliphatic rings. The molecule has 2 aromatic heterocycles. The van der Waals surface area contributed by atoms with Crippen LogP contribution in [0.3, 0.4) is 0 Å². The maximum Gasteiger partial charge on any atom is 0.295 e. The fraction of sp³-hybridized carbons (Fsp3) is 0.409. The van der Waals surface area contributed by atoms with Gasteiger partial charge in [-0.1, -0.05) is 6.07 Å². The van der Waals surface area contributed by atoms with Crippen molar-refractivity contribution in [2.45, 2.75) is 42.6 Å². The molecular weight excluding hydrogens is 506 g/mol. The summed E-state index contributed by atoms with van der Waals surface area (Å²) in [7, 11) is -3.75. The second kappa shape index (κ2) is 8.69. The predicted octanol–water partition coefficient (Wildman–Crippen LogP) is 4.49. The van der Waals surface area contributed by atoms with Crippen LogP contribution in [0.5, 0.6) is 0 Å². The van der Waals surface area contributed by atoms with Gasteiger partial charge in [0.1, 0.15) is 17.3 Å². The molecule has 1 unspecified atom stereocenters. The quantitative estimate of drug-likeness (QED) is 0.387. The highest BCUT2D eigenvalue weighted by Gasteiger charge is 2.61. The molecule has 14 heteroatoms. The van der Waals surface area contributed by atoms with Crippen LogP contribution in [0.4, 0.5) is 34.8 Å². The number of rotatable bonds is 7. The first-order valence-corrected chi connectivity index (χ1v) is 12.9. The topological polar surface area (TPSA) is 126 Å². The van der Waals surface area contributed by atoms with E-state index in [4.69, 9.17) is 4.74 Å². The van der Waals surface area contributed by atoms with Gasteiger partial charge in [0.25, 0.3) is 12.3 Å². The lowest BCUT2D eigenvalue weighted by atomic mass is 10.1. The van der Waals surface area contributed by atoms with Crippen LogP contribution >= 0.6 is 0 Å². The van der Waals surface area contributed by atoms with E-state index in [1.807, 2.05) is 0 Å². The standard InChI is InChI=1S/C22H21F4N5O4S/c1-36(33,34)15-7-10(14-3-2-6-35-14)4-5-12(15)27-13-8-16(29-21(32)11-9-22(11,25)26)28-19-17(13)30-20(31-19)18(23)24/h4-5,7-8,11,14,18H,2-3,6,9H2,1H3,(H3,27,28,29,30,31,32)/t11?,14-/m1/s1. The Hall–Kier alpha value is -3.26. The summed E-state index contributed by atoms with van der Waals surface area (Å²) < 4.78 is 84.0. The number of ether oxygens (including phenoxy) is 1. The van der Waals surface area contributed by atoms with Crippen molar-refractivity contribution < 1.29 is 35.5 Å². The third-order valence-electron chi connectivity index (χ3n) is 6.05. The number of anilines is 3. The number of nitrogens with zero attached hydrogens (tertiary/aromatic N) is 2. The first kappa shape index (κ1) is 24.4. The number of nitrogens with one attached hydrogen (secondary N) is 3. The van der Waals surface area contributed by atoms with Crippen LogP contribution < -0.4 is 10.6 Å². The van der Waals surface area contributed by atoms with E-state index in [2.05, 4.69) is 25.6 Å². The predicted molar refractivity (Wildman–Crippen MR) is 121 cm³/mol. The smallest absolute Gasteiger partial charge is 0.295 e. The number of carbonyl (C=O) groups excluding carboxylic acids is 1. The van der Waals surface area contributed by atoms with Gasteiger partial charge in [-0.15, -0.1) is 0 Å². The zero-order valence-electron chi connectivity index (χ0n) is 18.8. The van der Waals surface area contributed by atoms with E-state index in [1.165, 1.54) is 18.2 Å². The molecule has 1 saturated heterocycles. The molecule has 2 atom stereocenters. The number of imidazole rings is 1. The molecule has 5 rings (SSSR count). The zero-order chi connectivity index (χ0) is 25.8. The number of hydrogen-bond acceptors (Lipinski definition) is 7. The number of benzene rings is 1. The Bertz CT molecular complexity index is 1450. The van der Waals surface area contributed by atoms with E-state index in [-0.39, 0.29) is 39.4 Å². The number of halogens is 4. The highest BCUT2D eigenvalue weighted by Crippen LogP contribution is 2.49. The third-order valence-corrected chi connectivity index (χ3v) is 7.18. The van der Waals surface area contributed by atoms with Gasteiger partial charge in [0.2, 0.25) is 5.91 Å². The van der Waals surface area contributed by atoms with Crippen LogP contribution in [0.25, 0.3) is 11.2 Å². The van der Waals surface area contributed by atoms with Crippen LogP contribution in [-0.2, 0) is 19.4 Å².